The average molecular weight is 437 g/mol. The molecule has 1 amide bonds. The summed E-state index contributed by atoms with van der Waals surface area (Å²) in [5, 5.41) is 3.13. The van der Waals surface area contributed by atoms with E-state index in [9.17, 15) is 4.79 Å². The first-order valence-electron chi connectivity index (χ1n) is 8.16. The SMILES string of the molecule is CCN(C(=S)NC(=O)c1cc(Br)ccc1OCCOC)c1ccccc1. The van der Waals surface area contributed by atoms with E-state index in [0.29, 0.717) is 36.2 Å². The quantitative estimate of drug-likeness (QED) is 0.524. The fourth-order valence-corrected chi connectivity index (χ4v) is 3.01. The average Bonchev–Trinajstić information content (AvgIpc) is 2.64. The van der Waals surface area contributed by atoms with Gasteiger partial charge in [-0.1, -0.05) is 34.1 Å². The van der Waals surface area contributed by atoms with Crippen LogP contribution in [-0.2, 0) is 4.74 Å². The molecule has 0 atom stereocenters. The summed E-state index contributed by atoms with van der Waals surface area (Å²) in [7, 11) is 1.60. The number of carbonyl (C=O) groups is 1. The summed E-state index contributed by atoms with van der Waals surface area (Å²) in [4.78, 5) is 14.6. The summed E-state index contributed by atoms with van der Waals surface area (Å²) in [6.45, 7) is 3.41. The molecule has 0 aliphatic rings. The Kier molecular flexibility index (Phi) is 8.03. The fraction of sp³-hybridized carbons (Fsp3) is 0.263. The van der Waals surface area contributed by atoms with Crippen LogP contribution in [0.4, 0.5) is 5.69 Å². The third-order valence-corrected chi connectivity index (χ3v) is 4.40. The van der Waals surface area contributed by atoms with Gasteiger partial charge in [-0.25, -0.2) is 0 Å². The molecule has 26 heavy (non-hydrogen) atoms. The van der Waals surface area contributed by atoms with Crippen LogP contribution in [-0.4, -0.2) is 37.9 Å². The minimum absolute atomic E-state index is 0.321. The highest BCUT2D eigenvalue weighted by Crippen LogP contribution is 2.23. The second-order valence-corrected chi connectivity index (χ2v) is 6.62. The second kappa shape index (κ2) is 10.3. The van der Waals surface area contributed by atoms with Crippen LogP contribution in [0.5, 0.6) is 5.75 Å². The van der Waals surface area contributed by atoms with Crippen molar-refractivity contribution in [3.63, 3.8) is 0 Å². The minimum atomic E-state index is -0.321. The van der Waals surface area contributed by atoms with Gasteiger partial charge in [0, 0.05) is 23.8 Å². The molecular weight excluding hydrogens is 416 g/mol. The summed E-state index contributed by atoms with van der Waals surface area (Å²) in [5.41, 5.74) is 1.33. The van der Waals surface area contributed by atoms with Crippen LogP contribution in [0.1, 0.15) is 17.3 Å². The molecule has 1 N–H and O–H groups in total. The Morgan fingerprint density at radius 2 is 1.92 bits per heavy atom. The lowest BCUT2D eigenvalue weighted by Gasteiger charge is -2.24. The Balaban J connectivity index is 2.15. The molecule has 0 spiro atoms. The molecule has 0 unspecified atom stereocenters. The minimum Gasteiger partial charge on any atom is -0.490 e. The van der Waals surface area contributed by atoms with Crippen molar-refractivity contribution in [1.29, 1.82) is 0 Å². The highest BCUT2D eigenvalue weighted by Gasteiger charge is 2.18. The maximum atomic E-state index is 12.8. The number of methoxy groups -OCH3 is 1. The van der Waals surface area contributed by atoms with Crippen molar-refractivity contribution in [1.82, 2.24) is 5.32 Å². The standard InChI is InChI=1S/C19H21BrN2O3S/c1-3-22(15-7-5-4-6-8-15)19(26)21-18(23)16-13-14(20)9-10-17(16)25-12-11-24-2/h4-10,13H,3,11-12H2,1-2H3,(H,21,23,26). The number of amides is 1. The molecule has 2 rings (SSSR count). The van der Waals surface area contributed by atoms with E-state index in [0.717, 1.165) is 10.2 Å². The number of carbonyl (C=O) groups excluding carboxylic acids is 1. The normalized spacial score (nSPS) is 10.3. The van der Waals surface area contributed by atoms with E-state index in [-0.39, 0.29) is 5.91 Å². The van der Waals surface area contributed by atoms with Gasteiger partial charge in [0.15, 0.2) is 5.11 Å². The largest absolute Gasteiger partial charge is 0.490 e. The van der Waals surface area contributed by atoms with Crippen molar-refractivity contribution in [3.05, 3.63) is 58.6 Å². The van der Waals surface area contributed by atoms with Crippen molar-refractivity contribution < 1.29 is 14.3 Å². The van der Waals surface area contributed by atoms with Crippen LogP contribution in [0.3, 0.4) is 0 Å². The molecule has 0 saturated carbocycles. The summed E-state index contributed by atoms with van der Waals surface area (Å²) >= 11 is 8.83. The molecule has 0 bridgehead atoms. The summed E-state index contributed by atoms with van der Waals surface area (Å²) < 4.78 is 11.4. The van der Waals surface area contributed by atoms with Gasteiger partial charge in [-0.05, 0) is 49.5 Å². The molecule has 0 aromatic heterocycles. The van der Waals surface area contributed by atoms with Crippen LogP contribution < -0.4 is 15.0 Å². The number of benzene rings is 2. The molecule has 2 aromatic carbocycles. The topological polar surface area (TPSA) is 50.8 Å². The maximum Gasteiger partial charge on any atom is 0.261 e. The first kappa shape index (κ1) is 20.4. The molecule has 0 fully saturated rings. The van der Waals surface area contributed by atoms with Gasteiger partial charge < -0.3 is 14.4 Å². The summed E-state index contributed by atoms with van der Waals surface area (Å²) in [5.74, 6) is 0.159. The number of anilines is 1. The van der Waals surface area contributed by atoms with E-state index in [4.69, 9.17) is 21.7 Å². The number of nitrogens with zero attached hydrogens (tertiary/aromatic N) is 1. The Bertz CT molecular complexity index is 756. The number of rotatable bonds is 7. The van der Waals surface area contributed by atoms with Crippen LogP contribution in [0, 0.1) is 0 Å². The van der Waals surface area contributed by atoms with Gasteiger partial charge in [0.2, 0.25) is 0 Å². The Morgan fingerprint density at radius 1 is 1.19 bits per heavy atom. The number of thiocarbonyl (C=S) groups is 1. The highest BCUT2D eigenvalue weighted by molar-refractivity contribution is 9.10. The van der Waals surface area contributed by atoms with Gasteiger partial charge in [0.05, 0.1) is 12.2 Å². The number of nitrogens with one attached hydrogen (secondary N) is 1. The van der Waals surface area contributed by atoms with Crippen LogP contribution in [0.25, 0.3) is 0 Å². The zero-order valence-corrected chi connectivity index (χ0v) is 17.1. The summed E-state index contributed by atoms with van der Waals surface area (Å²) in [6, 6.07) is 15.0. The zero-order chi connectivity index (χ0) is 18.9. The third kappa shape index (κ3) is 5.52. The van der Waals surface area contributed by atoms with Crippen LogP contribution in [0.2, 0.25) is 0 Å². The molecular formula is C19H21BrN2O3S. The Morgan fingerprint density at radius 3 is 2.58 bits per heavy atom. The van der Waals surface area contributed by atoms with Gasteiger partial charge >= 0.3 is 0 Å². The summed E-state index contributed by atoms with van der Waals surface area (Å²) in [6.07, 6.45) is 0. The van der Waals surface area contributed by atoms with Gasteiger partial charge in [-0.2, -0.15) is 0 Å². The van der Waals surface area contributed by atoms with Crippen LogP contribution >= 0.6 is 28.1 Å². The zero-order valence-electron chi connectivity index (χ0n) is 14.7. The lowest BCUT2D eigenvalue weighted by atomic mass is 10.2. The van der Waals surface area contributed by atoms with Crippen molar-refractivity contribution in [2.24, 2.45) is 0 Å². The first-order valence-corrected chi connectivity index (χ1v) is 9.36. The molecule has 7 heteroatoms. The predicted octanol–water partition coefficient (Wildman–Crippen LogP) is 4.02. The lowest BCUT2D eigenvalue weighted by molar-refractivity contribution is 0.0969. The molecule has 0 radical (unpaired) electrons. The molecule has 138 valence electrons. The Hall–Kier alpha value is -1.96. The molecule has 0 aliphatic heterocycles. The number of para-hydroxylation sites is 1. The maximum absolute atomic E-state index is 12.8. The first-order chi connectivity index (χ1) is 12.6. The van der Waals surface area contributed by atoms with Crippen LogP contribution in [0.15, 0.2) is 53.0 Å². The number of halogens is 1. The number of ether oxygens (including phenoxy) is 2. The van der Waals surface area contributed by atoms with Gasteiger partial charge in [-0.15, -0.1) is 0 Å². The second-order valence-electron chi connectivity index (χ2n) is 5.32. The predicted molar refractivity (Wildman–Crippen MR) is 111 cm³/mol. The molecule has 2 aromatic rings. The molecule has 0 heterocycles. The smallest absolute Gasteiger partial charge is 0.261 e. The molecule has 0 saturated heterocycles. The third-order valence-electron chi connectivity index (χ3n) is 3.58. The molecule has 0 aliphatic carbocycles. The number of hydrogen-bond donors (Lipinski definition) is 1. The van der Waals surface area contributed by atoms with E-state index < -0.39 is 0 Å². The van der Waals surface area contributed by atoms with Gasteiger partial charge in [-0.3, -0.25) is 10.1 Å². The Labute approximate surface area is 167 Å². The lowest BCUT2D eigenvalue weighted by Crippen LogP contribution is -2.42. The van der Waals surface area contributed by atoms with Crippen molar-refractivity contribution in [3.8, 4) is 5.75 Å². The van der Waals surface area contributed by atoms with Crippen molar-refractivity contribution in [2.45, 2.75) is 6.92 Å². The number of hydrogen-bond acceptors (Lipinski definition) is 4. The van der Waals surface area contributed by atoms with Gasteiger partial charge in [0.1, 0.15) is 12.4 Å². The monoisotopic (exact) mass is 436 g/mol. The van der Waals surface area contributed by atoms with Crippen molar-refractivity contribution in [2.75, 3.05) is 31.8 Å². The van der Waals surface area contributed by atoms with Gasteiger partial charge in [0.25, 0.3) is 5.91 Å². The van der Waals surface area contributed by atoms with Crippen molar-refractivity contribution >= 4 is 44.9 Å². The fourth-order valence-electron chi connectivity index (χ4n) is 2.32. The van der Waals surface area contributed by atoms with E-state index in [2.05, 4.69) is 21.2 Å². The van der Waals surface area contributed by atoms with E-state index in [1.54, 1.807) is 19.2 Å². The highest BCUT2D eigenvalue weighted by atomic mass is 79.9. The van der Waals surface area contributed by atoms with E-state index in [1.807, 2.05) is 48.2 Å². The van der Waals surface area contributed by atoms with E-state index >= 15 is 0 Å². The molecule has 5 nitrogen and oxygen atoms in total. The van der Waals surface area contributed by atoms with E-state index in [1.165, 1.54) is 0 Å².